The Bertz CT molecular complexity index is 440. The van der Waals surface area contributed by atoms with E-state index >= 15 is 0 Å². The van der Waals surface area contributed by atoms with Crippen LogP contribution >= 0.6 is 0 Å². The summed E-state index contributed by atoms with van der Waals surface area (Å²) in [7, 11) is 0. The Balaban J connectivity index is 0.00000289. The van der Waals surface area contributed by atoms with Gasteiger partial charge >= 0.3 is 35.5 Å². The van der Waals surface area contributed by atoms with Gasteiger partial charge in [-0.1, -0.05) is 0 Å². The number of ether oxygens (including phenoxy) is 1. The Morgan fingerprint density at radius 3 is 2.50 bits per heavy atom. The summed E-state index contributed by atoms with van der Waals surface area (Å²) in [4.78, 5) is 25.7. The second kappa shape index (κ2) is 6.87. The molecule has 0 aliphatic rings. The van der Waals surface area contributed by atoms with Crippen molar-refractivity contribution < 1.29 is 49.0 Å². The summed E-state index contributed by atoms with van der Waals surface area (Å²) in [6, 6.07) is 2.87. The molecule has 0 aliphatic carbocycles. The molecule has 1 rings (SSSR count). The molecule has 0 atom stereocenters. The molecular formula is C12H14NNaO4. The number of aromatic nitrogens is 1. The fourth-order valence-electron chi connectivity index (χ4n) is 1.24. The van der Waals surface area contributed by atoms with E-state index in [2.05, 4.69) is 4.98 Å². The number of pyridine rings is 1. The largest absolute Gasteiger partial charge is 1.00 e. The van der Waals surface area contributed by atoms with Crippen molar-refractivity contribution in [1.82, 2.24) is 4.98 Å². The Morgan fingerprint density at radius 1 is 1.39 bits per heavy atom. The van der Waals surface area contributed by atoms with Crippen LogP contribution < -0.4 is 34.7 Å². The Labute approximate surface area is 128 Å². The van der Waals surface area contributed by atoms with Crippen LogP contribution in [-0.2, 0) is 16.0 Å². The van der Waals surface area contributed by atoms with Crippen LogP contribution in [0.3, 0.4) is 0 Å². The number of aromatic carboxylic acids is 1. The average molecular weight is 259 g/mol. The van der Waals surface area contributed by atoms with Gasteiger partial charge in [0, 0.05) is 6.20 Å². The minimum absolute atomic E-state index is 0. The van der Waals surface area contributed by atoms with E-state index in [4.69, 9.17) is 4.74 Å². The summed E-state index contributed by atoms with van der Waals surface area (Å²) in [5.74, 6) is -1.77. The van der Waals surface area contributed by atoms with Gasteiger partial charge in [-0.3, -0.25) is 9.78 Å². The van der Waals surface area contributed by atoms with Gasteiger partial charge < -0.3 is 14.6 Å². The van der Waals surface area contributed by atoms with Crippen LogP contribution in [0.2, 0.25) is 0 Å². The van der Waals surface area contributed by atoms with Gasteiger partial charge in [0.1, 0.15) is 5.60 Å². The maximum absolute atomic E-state index is 11.5. The number of esters is 1. The Hall–Kier alpha value is -0.910. The summed E-state index contributed by atoms with van der Waals surface area (Å²) in [5.41, 5.74) is -0.208. The standard InChI is InChI=1S/C12H15NO4.Na/c1-12(2,3)17-10(14)7-8-4-5-13-9(6-8)11(15)16;/h4-6H,7H2,1-3H3,(H,15,16);/q;+1/p-1. The van der Waals surface area contributed by atoms with Crippen molar-refractivity contribution >= 4 is 11.9 Å². The molecule has 0 aliphatic heterocycles. The first-order chi connectivity index (χ1) is 7.78. The molecule has 0 aromatic carbocycles. The van der Waals surface area contributed by atoms with Crippen LogP contribution in [0.4, 0.5) is 0 Å². The summed E-state index contributed by atoms with van der Waals surface area (Å²) in [5, 5.41) is 10.6. The van der Waals surface area contributed by atoms with E-state index in [0.717, 1.165) is 0 Å². The summed E-state index contributed by atoms with van der Waals surface area (Å²) in [6.07, 6.45) is 1.34. The third-order valence-electron chi connectivity index (χ3n) is 1.80. The van der Waals surface area contributed by atoms with Crippen LogP contribution in [0.25, 0.3) is 0 Å². The number of hydrogen-bond acceptors (Lipinski definition) is 5. The molecule has 5 nitrogen and oxygen atoms in total. The zero-order chi connectivity index (χ0) is 13.1. The van der Waals surface area contributed by atoms with Gasteiger partial charge in [0.2, 0.25) is 0 Å². The summed E-state index contributed by atoms with van der Waals surface area (Å²) < 4.78 is 5.12. The third-order valence-corrected chi connectivity index (χ3v) is 1.80. The van der Waals surface area contributed by atoms with E-state index in [0.29, 0.717) is 5.56 Å². The number of carboxylic acid groups (broad SMARTS) is 1. The fourth-order valence-corrected chi connectivity index (χ4v) is 1.24. The molecule has 0 radical (unpaired) electrons. The van der Waals surface area contributed by atoms with Gasteiger partial charge in [0.25, 0.3) is 0 Å². The maximum Gasteiger partial charge on any atom is 1.00 e. The normalized spacial score (nSPS) is 10.4. The Kier molecular flexibility index (Phi) is 6.52. The molecule has 0 fully saturated rings. The van der Waals surface area contributed by atoms with E-state index < -0.39 is 17.5 Å². The van der Waals surface area contributed by atoms with Crippen LogP contribution in [0.1, 0.15) is 36.8 Å². The van der Waals surface area contributed by atoms with Crippen LogP contribution in [0.5, 0.6) is 0 Å². The van der Waals surface area contributed by atoms with Crippen molar-refractivity contribution in [2.24, 2.45) is 0 Å². The number of hydrogen-bond donors (Lipinski definition) is 0. The third kappa shape index (κ3) is 6.14. The molecule has 0 amide bonds. The van der Waals surface area contributed by atoms with Crippen molar-refractivity contribution in [3.8, 4) is 0 Å². The molecule has 0 saturated carbocycles. The first kappa shape index (κ1) is 17.1. The van der Waals surface area contributed by atoms with E-state index in [1.165, 1.54) is 12.3 Å². The monoisotopic (exact) mass is 259 g/mol. The molecule has 1 heterocycles. The smallest absolute Gasteiger partial charge is 0.543 e. The minimum atomic E-state index is -1.36. The number of carbonyl (C=O) groups is 2. The molecule has 0 unspecified atom stereocenters. The number of rotatable bonds is 3. The second-order valence-corrected chi connectivity index (χ2v) is 4.60. The van der Waals surface area contributed by atoms with Gasteiger partial charge in [0.05, 0.1) is 18.1 Å². The minimum Gasteiger partial charge on any atom is -0.543 e. The first-order valence-corrected chi connectivity index (χ1v) is 5.16. The first-order valence-electron chi connectivity index (χ1n) is 5.16. The molecule has 92 valence electrons. The van der Waals surface area contributed by atoms with Crippen molar-refractivity contribution in [2.75, 3.05) is 0 Å². The van der Waals surface area contributed by atoms with Crippen molar-refractivity contribution in [2.45, 2.75) is 32.8 Å². The SMILES string of the molecule is CC(C)(C)OC(=O)Cc1ccnc(C(=O)[O-])c1.[Na+]. The van der Waals surface area contributed by atoms with Gasteiger partial charge in [-0.15, -0.1) is 0 Å². The number of carbonyl (C=O) groups excluding carboxylic acids is 2. The molecule has 18 heavy (non-hydrogen) atoms. The molecule has 0 N–H and O–H groups in total. The van der Waals surface area contributed by atoms with E-state index in [1.807, 2.05) is 0 Å². The van der Waals surface area contributed by atoms with Crippen LogP contribution in [0, 0.1) is 0 Å². The topological polar surface area (TPSA) is 79.3 Å². The van der Waals surface area contributed by atoms with Gasteiger partial charge in [-0.25, -0.2) is 0 Å². The molecule has 6 heteroatoms. The molecule has 1 aromatic rings. The van der Waals surface area contributed by atoms with Crippen molar-refractivity contribution in [3.05, 3.63) is 29.6 Å². The molecular weight excluding hydrogens is 245 g/mol. The van der Waals surface area contributed by atoms with Gasteiger partial charge in [-0.2, -0.15) is 0 Å². The van der Waals surface area contributed by atoms with Gasteiger partial charge in [0.15, 0.2) is 0 Å². The van der Waals surface area contributed by atoms with Crippen molar-refractivity contribution in [1.29, 1.82) is 0 Å². The Morgan fingerprint density at radius 2 is 2.00 bits per heavy atom. The number of carboxylic acids is 1. The molecule has 1 aromatic heterocycles. The van der Waals surface area contributed by atoms with E-state index in [1.54, 1.807) is 26.8 Å². The molecule has 0 spiro atoms. The van der Waals surface area contributed by atoms with E-state index in [-0.39, 0.29) is 41.7 Å². The average Bonchev–Trinajstić information content (AvgIpc) is 2.14. The molecule has 0 bridgehead atoms. The summed E-state index contributed by atoms with van der Waals surface area (Å²) in [6.45, 7) is 5.30. The predicted molar refractivity (Wildman–Crippen MR) is 58.1 cm³/mol. The molecule has 0 saturated heterocycles. The predicted octanol–water partition coefficient (Wildman–Crippen LogP) is -2.67. The number of nitrogens with zero attached hydrogens (tertiary/aromatic N) is 1. The van der Waals surface area contributed by atoms with Crippen LogP contribution in [-0.4, -0.2) is 22.5 Å². The van der Waals surface area contributed by atoms with Crippen LogP contribution in [0.15, 0.2) is 18.3 Å². The van der Waals surface area contributed by atoms with Gasteiger partial charge in [-0.05, 0) is 38.5 Å². The zero-order valence-corrected chi connectivity index (χ0v) is 13.0. The fraction of sp³-hybridized carbons (Fsp3) is 0.417. The summed E-state index contributed by atoms with van der Waals surface area (Å²) >= 11 is 0. The second-order valence-electron chi connectivity index (χ2n) is 4.60. The quantitative estimate of drug-likeness (QED) is 0.437. The zero-order valence-electron chi connectivity index (χ0n) is 11.0. The maximum atomic E-state index is 11.5. The van der Waals surface area contributed by atoms with Crippen molar-refractivity contribution in [3.63, 3.8) is 0 Å². The van der Waals surface area contributed by atoms with E-state index in [9.17, 15) is 14.7 Å².